The first kappa shape index (κ1) is 12.0. The Hall–Kier alpha value is -2.10. The summed E-state index contributed by atoms with van der Waals surface area (Å²) in [7, 11) is 0. The van der Waals surface area contributed by atoms with Gasteiger partial charge in [0.25, 0.3) is 0 Å². The zero-order valence-corrected chi connectivity index (χ0v) is 10.6. The Morgan fingerprint density at radius 2 is 2.00 bits per heavy atom. The highest BCUT2D eigenvalue weighted by atomic mass is 16.3. The highest BCUT2D eigenvalue weighted by Crippen LogP contribution is 2.33. The Labute approximate surface area is 111 Å². The Morgan fingerprint density at radius 1 is 1.21 bits per heavy atom. The molecule has 19 heavy (non-hydrogen) atoms. The number of carbonyl (C=O) groups excluding carboxylic acids is 1. The second-order valence-electron chi connectivity index (χ2n) is 4.92. The first-order valence-corrected chi connectivity index (χ1v) is 6.54. The quantitative estimate of drug-likeness (QED) is 0.850. The fourth-order valence-corrected chi connectivity index (χ4v) is 2.69. The van der Waals surface area contributed by atoms with Crippen LogP contribution in [0.4, 0.5) is 0 Å². The SMILES string of the molecule is O=C1CC(c2ccccc2)CC(O)=C1C1=NCCN1. The molecule has 2 aliphatic rings. The van der Waals surface area contributed by atoms with Gasteiger partial charge in [-0.1, -0.05) is 30.3 Å². The Balaban J connectivity index is 1.88. The van der Waals surface area contributed by atoms with Crippen LogP contribution in [0.25, 0.3) is 0 Å². The lowest BCUT2D eigenvalue weighted by Crippen LogP contribution is -2.30. The fourth-order valence-electron chi connectivity index (χ4n) is 2.69. The molecule has 0 saturated carbocycles. The van der Waals surface area contributed by atoms with E-state index in [0.717, 1.165) is 12.1 Å². The van der Waals surface area contributed by atoms with E-state index in [4.69, 9.17) is 0 Å². The van der Waals surface area contributed by atoms with E-state index in [0.29, 0.717) is 30.8 Å². The smallest absolute Gasteiger partial charge is 0.170 e. The van der Waals surface area contributed by atoms with E-state index in [-0.39, 0.29) is 17.5 Å². The van der Waals surface area contributed by atoms with Crippen molar-refractivity contribution in [3.05, 3.63) is 47.2 Å². The van der Waals surface area contributed by atoms with Crippen LogP contribution in [-0.2, 0) is 4.79 Å². The van der Waals surface area contributed by atoms with Crippen molar-refractivity contribution in [1.82, 2.24) is 5.32 Å². The van der Waals surface area contributed by atoms with Crippen LogP contribution in [0.3, 0.4) is 0 Å². The van der Waals surface area contributed by atoms with Crippen LogP contribution < -0.4 is 5.32 Å². The summed E-state index contributed by atoms with van der Waals surface area (Å²) < 4.78 is 0. The number of Topliss-reactive ketones (excluding diaryl/α,β-unsaturated/α-hetero) is 1. The third kappa shape index (κ3) is 2.26. The van der Waals surface area contributed by atoms with Crippen molar-refractivity contribution >= 4 is 11.6 Å². The molecule has 98 valence electrons. The maximum Gasteiger partial charge on any atom is 0.170 e. The van der Waals surface area contributed by atoms with Gasteiger partial charge >= 0.3 is 0 Å². The summed E-state index contributed by atoms with van der Waals surface area (Å²) in [4.78, 5) is 16.5. The minimum Gasteiger partial charge on any atom is -0.511 e. The van der Waals surface area contributed by atoms with Gasteiger partial charge in [-0.3, -0.25) is 9.79 Å². The number of hydrogen-bond acceptors (Lipinski definition) is 4. The lowest BCUT2D eigenvalue weighted by Gasteiger charge is -2.23. The molecule has 1 aliphatic carbocycles. The zero-order chi connectivity index (χ0) is 13.2. The van der Waals surface area contributed by atoms with Gasteiger partial charge < -0.3 is 10.4 Å². The van der Waals surface area contributed by atoms with Crippen molar-refractivity contribution in [2.75, 3.05) is 13.1 Å². The molecule has 4 heteroatoms. The number of nitrogens with one attached hydrogen (secondary N) is 1. The summed E-state index contributed by atoms with van der Waals surface area (Å²) >= 11 is 0. The molecule has 1 atom stereocenters. The summed E-state index contributed by atoms with van der Waals surface area (Å²) in [5.41, 5.74) is 1.49. The number of aliphatic hydroxyl groups is 1. The van der Waals surface area contributed by atoms with Gasteiger partial charge in [0.15, 0.2) is 5.78 Å². The summed E-state index contributed by atoms with van der Waals surface area (Å²) in [5.74, 6) is 0.775. The van der Waals surface area contributed by atoms with Crippen molar-refractivity contribution in [2.45, 2.75) is 18.8 Å². The van der Waals surface area contributed by atoms with E-state index in [1.54, 1.807) is 0 Å². The monoisotopic (exact) mass is 256 g/mol. The first-order chi connectivity index (χ1) is 9.25. The van der Waals surface area contributed by atoms with Crippen LogP contribution in [0.15, 0.2) is 46.7 Å². The van der Waals surface area contributed by atoms with Crippen molar-refractivity contribution in [3.8, 4) is 0 Å². The van der Waals surface area contributed by atoms with E-state index in [1.807, 2.05) is 30.3 Å². The topological polar surface area (TPSA) is 61.7 Å². The van der Waals surface area contributed by atoms with Crippen molar-refractivity contribution in [3.63, 3.8) is 0 Å². The maximum absolute atomic E-state index is 12.2. The number of benzene rings is 1. The van der Waals surface area contributed by atoms with Gasteiger partial charge in [0, 0.05) is 19.4 Å². The Kier molecular flexibility index (Phi) is 3.07. The normalized spacial score (nSPS) is 23.3. The summed E-state index contributed by atoms with van der Waals surface area (Å²) in [6, 6.07) is 9.87. The lowest BCUT2D eigenvalue weighted by atomic mass is 9.82. The second kappa shape index (κ2) is 4.88. The number of ketones is 1. The average Bonchev–Trinajstić information content (AvgIpc) is 2.93. The molecule has 1 aromatic rings. The minimum absolute atomic E-state index is 0.0225. The molecule has 0 saturated heterocycles. The minimum atomic E-state index is -0.0225. The molecule has 0 amide bonds. The van der Waals surface area contributed by atoms with Crippen molar-refractivity contribution < 1.29 is 9.90 Å². The summed E-state index contributed by atoms with van der Waals surface area (Å²) in [5, 5.41) is 13.2. The van der Waals surface area contributed by atoms with E-state index in [2.05, 4.69) is 10.3 Å². The predicted octanol–water partition coefficient (Wildman–Crippen LogP) is 1.95. The number of hydrogen-bond donors (Lipinski definition) is 2. The van der Waals surface area contributed by atoms with Gasteiger partial charge in [0.2, 0.25) is 0 Å². The number of aliphatic hydroxyl groups excluding tert-OH is 1. The Morgan fingerprint density at radius 3 is 2.63 bits per heavy atom. The predicted molar refractivity (Wildman–Crippen MR) is 73.4 cm³/mol. The van der Waals surface area contributed by atoms with Gasteiger partial charge in [0.05, 0.1) is 12.1 Å². The van der Waals surface area contributed by atoms with Gasteiger partial charge in [-0.15, -0.1) is 0 Å². The van der Waals surface area contributed by atoms with Crippen LogP contribution >= 0.6 is 0 Å². The molecule has 1 heterocycles. The van der Waals surface area contributed by atoms with Crippen LogP contribution in [0.5, 0.6) is 0 Å². The Bertz CT molecular complexity index is 561. The fraction of sp³-hybridized carbons (Fsp3) is 0.333. The van der Waals surface area contributed by atoms with Crippen LogP contribution in [0.1, 0.15) is 24.3 Å². The molecule has 0 radical (unpaired) electrons. The molecule has 0 spiro atoms. The number of allylic oxidation sites excluding steroid dienone is 1. The molecule has 1 aromatic carbocycles. The molecule has 0 bridgehead atoms. The van der Waals surface area contributed by atoms with Gasteiger partial charge in [-0.2, -0.15) is 0 Å². The molecule has 2 N–H and O–H groups in total. The zero-order valence-electron chi connectivity index (χ0n) is 10.6. The third-order valence-corrected chi connectivity index (χ3v) is 3.62. The number of carbonyl (C=O) groups is 1. The average molecular weight is 256 g/mol. The molecule has 0 fully saturated rings. The van der Waals surface area contributed by atoms with Gasteiger partial charge in [-0.05, 0) is 11.5 Å². The van der Waals surface area contributed by atoms with Crippen LogP contribution in [0, 0.1) is 0 Å². The van der Waals surface area contributed by atoms with E-state index in [1.165, 1.54) is 0 Å². The molecule has 1 unspecified atom stereocenters. The highest BCUT2D eigenvalue weighted by Gasteiger charge is 2.31. The van der Waals surface area contributed by atoms with Crippen molar-refractivity contribution in [1.29, 1.82) is 0 Å². The van der Waals surface area contributed by atoms with Crippen molar-refractivity contribution in [2.24, 2.45) is 4.99 Å². The largest absolute Gasteiger partial charge is 0.511 e. The molecule has 3 rings (SSSR count). The summed E-state index contributed by atoms with van der Waals surface area (Å²) in [6.45, 7) is 1.41. The molecule has 4 nitrogen and oxygen atoms in total. The van der Waals surface area contributed by atoms with Crippen LogP contribution in [0.2, 0.25) is 0 Å². The molecular formula is C15H16N2O2. The number of aliphatic imine (C=N–C) groups is 1. The number of nitrogens with zero attached hydrogens (tertiary/aromatic N) is 1. The lowest BCUT2D eigenvalue weighted by molar-refractivity contribution is -0.116. The van der Waals surface area contributed by atoms with Gasteiger partial charge in [0.1, 0.15) is 11.6 Å². The molecule has 0 aromatic heterocycles. The molecule has 1 aliphatic heterocycles. The van der Waals surface area contributed by atoms with Crippen LogP contribution in [-0.4, -0.2) is 29.8 Å². The molecular weight excluding hydrogens is 240 g/mol. The standard InChI is InChI=1S/C15H16N2O2/c18-12-8-11(10-4-2-1-3-5-10)9-13(19)14(12)15-16-6-7-17-15/h1-5,11,18H,6-9H2,(H,16,17). The van der Waals surface area contributed by atoms with Gasteiger partial charge in [-0.25, -0.2) is 0 Å². The second-order valence-corrected chi connectivity index (χ2v) is 4.92. The highest BCUT2D eigenvalue weighted by molar-refractivity contribution is 6.22. The van der Waals surface area contributed by atoms with E-state index in [9.17, 15) is 9.90 Å². The van der Waals surface area contributed by atoms with E-state index < -0.39 is 0 Å². The first-order valence-electron chi connectivity index (χ1n) is 6.54. The number of rotatable bonds is 2. The third-order valence-electron chi connectivity index (χ3n) is 3.62. The van der Waals surface area contributed by atoms with E-state index >= 15 is 0 Å². The maximum atomic E-state index is 12.2. The number of amidine groups is 1. The summed E-state index contributed by atoms with van der Waals surface area (Å²) in [6.07, 6.45) is 0.940.